The summed E-state index contributed by atoms with van der Waals surface area (Å²) in [6.07, 6.45) is 17.2. The van der Waals surface area contributed by atoms with E-state index >= 15 is 0 Å². The fourth-order valence-corrected chi connectivity index (χ4v) is 5.58. The van der Waals surface area contributed by atoms with E-state index in [0.29, 0.717) is 11.8 Å². The van der Waals surface area contributed by atoms with Gasteiger partial charge in [-0.3, -0.25) is 4.79 Å². The fraction of sp³-hybridized carbons (Fsp3) is 0.762. The number of nitrogens with zero attached hydrogens (tertiary/aromatic N) is 4. The molecule has 5 nitrogen and oxygen atoms in total. The molecule has 1 unspecified atom stereocenters. The Bertz CT molecular complexity index is 691. The maximum atomic E-state index is 13.1. The van der Waals surface area contributed by atoms with E-state index in [-0.39, 0.29) is 11.3 Å². The fourth-order valence-electron chi connectivity index (χ4n) is 5.58. The van der Waals surface area contributed by atoms with Crippen LogP contribution in [0.2, 0.25) is 0 Å². The van der Waals surface area contributed by atoms with Gasteiger partial charge in [0.05, 0.1) is 0 Å². The van der Waals surface area contributed by atoms with Gasteiger partial charge in [0.2, 0.25) is 5.91 Å². The lowest BCUT2D eigenvalue weighted by Gasteiger charge is -2.37. The molecule has 1 spiro atoms. The van der Waals surface area contributed by atoms with Crippen molar-refractivity contribution in [3.8, 4) is 0 Å². The maximum absolute atomic E-state index is 13.1. The van der Waals surface area contributed by atoms with Gasteiger partial charge >= 0.3 is 0 Å². The van der Waals surface area contributed by atoms with Crippen molar-refractivity contribution in [2.45, 2.75) is 70.3 Å². The Morgan fingerprint density at radius 3 is 2.65 bits per heavy atom. The monoisotopic (exact) mass is 354 g/mol. The Kier molecular flexibility index (Phi) is 4.13. The Hall–Kier alpha value is -1.65. The van der Waals surface area contributed by atoms with Gasteiger partial charge in [-0.25, -0.2) is 0 Å². The van der Waals surface area contributed by atoms with Crippen LogP contribution in [0.1, 0.15) is 69.5 Å². The maximum Gasteiger partial charge on any atom is 0.226 e. The lowest BCUT2D eigenvalue weighted by atomic mass is 9.67. The largest absolute Gasteiger partial charge is 0.341 e. The minimum atomic E-state index is 0.179. The molecule has 140 valence electrons. The zero-order valence-corrected chi connectivity index (χ0v) is 15.6. The highest BCUT2D eigenvalue weighted by Gasteiger charge is 2.51. The number of carbonyl (C=O) groups excluding carboxylic acids is 1. The summed E-state index contributed by atoms with van der Waals surface area (Å²) in [4.78, 5) is 15.3. The van der Waals surface area contributed by atoms with E-state index in [1.807, 2.05) is 6.33 Å². The van der Waals surface area contributed by atoms with Crippen LogP contribution in [0, 0.1) is 17.3 Å². The van der Waals surface area contributed by atoms with Crippen LogP contribution in [-0.2, 0) is 11.3 Å². The SMILES string of the molecule is O=C(C1CC=CC1)N1CC(c2nncn2CC2CC2)C2(CCCCC2)C1. The Balaban J connectivity index is 1.42. The van der Waals surface area contributed by atoms with Crippen LogP contribution in [0.25, 0.3) is 0 Å². The van der Waals surface area contributed by atoms with Gasteiger partial charge in [0, 0.05) is 31.5 Å². The summed E-state index contributed by atoms with van der Waals surface area (Å²) < 4.78 is 2.31. The van der Waals surface area contributed by atoms with Gasteiger partial charge in [-0.15, -0.1) is 10.2 Å². The van der Waals surface area contributed by atoms with Crippen molar-refractivity contribution in [1.82, 2.24) is 19.7 Å². The first-order chi connectivity index (χ1) is 12.8. The van der Waals surface area contributed by atoms with Crippen LogP contribution in [0.4, 0.5) is 0 Å². The molecular formula is C21H30N4O. The minimum absolute atomic E-state index is 0.179. The van der Waals surface area contributed by atoms with E-state index in [0.717, 1.165) is 44.2 Å². The molecule has 0 radical (unpaired) electrons. The van der Waals surface area contributed by atoms with Crippen molar-refractivity contribution in [3.63, 3.8) is 0 Å². The Labute approximate surface area is 155 Å². The van der Waals surface area contributed by atoms with Gasteiger partial charge in [0.15, 0.2) is 0 Å². The summed E-state index contributed by atoms with van der Waals surface area (Å²) >= 11 is 0. The first-order valence-electron chi connectivity index (χ1n) is 10.6. The van der Waals surface area contributed by atoms with Gasteiger partial charge in [0.1, 0.15) is 12.2 Å². The molecule has 0 N–H and O–H groups in total. The molecule has 1 saturated heterocycles. The van der Waals surface area contributed by atoms with E-state index in [1.165, 1.54) is 44.9 Å². The highest BCUT2D eigenvalue weighted by molar-refractivity contribution is 5.80. The summed E-state index contributed by atoms with van der Waals surface area (Å²) in [6, 6.07) is 0. The second kappa shape index (κ2) is 6.50. The zero-order chi connectivity index (χ0) is 17.6. The number of aromatic nitrogens is 3. The third-order valence-corrected chi connectivity index (χ3v) is 7.28. The van der Waals surface area contributed by atoms with Crippen LogP contribution in [0.5, 0.6) is 0 Å². The van der Waals surface area contributed by atoms with E-state index in [4.69, 9.17) is 0 Å². The molecule has 1 aromatic heterocycles. The molecule has 1 aromatic rings. The molecular weight excluding hydrogens is 324 g/mol. The summed E-state index contributed by atoms with van der Waals surface area (Å²) in [5.74, 6) is 2.88. The van der Waals surface area contributed by atoms with E-state index < -0.39 is 0 Å². The van der Waals surface area contributed by atoms with E-state index in [9.17, 15) is 4.79 Å². The number of carbonyl (C=O) groups is 1. The number of hydrogen-bond donors (Lipinski definition) is 0. The smallest absolute Gasteiger partial charge is 0.226 e. The van der Waals surface area contributed by atoms with Gasteiger partial charge in [-0.1, -0.05) is 31.4 Å². The third kappa shape index (κ3) is 2.89. The predicted octanol–water partition coefficient (Wildman–Crippen LogP) is 3.53. The average molecular weight is 354 g/mol. The van der Waals surface area contributed by atoms with E-state index in [2.05, 4.69) is 31.8 Å². The molecule has 1 aliphatic heterocycles. The summed E-state index contributed by atoms with van der Waals surface area (Å²) in [5, 5.41) is 8.85. The molecule has 0 bridgehead atoms. The second-order valence-corrected chi connectivity index (χ2v) is 9.12. The summed E-state index contributed by atoms with van der Waals surface area (Å²) in [6.45, 7) is 2.84. The third-order valence-electron chi connectivity index (χ3n) is 7.28. The van der Waals surface area contributed by atoms with Crippen molar-refractivity contribution in [3.05, 3.63) is 24.3 Å². The van der Waals surface area contributed by atoms with Crippen LogP contribution >= 0.6 is 0 Å². The molecule has 26 heavy (non-hydrogen) atoms. The van der Waals surface area contributed by atoms with Gasteiger partial charge in [-0.05, 0) is 49.9 Å². The highest BCUT2D eigenvalue weighted by atomic mass is 16.2. The number of rotatable bonds is 4. The quantitative estimate of drug-likeness (QED) is 0.777. The molecule has 3 aliphatic carbocycles. The Morgan fingerprint density at radius 1 is 1.15 bits per heavy atom. The van der Waals surface area contributed by atoms with Gasteiger partial charge in [0.25, 0.3) is 0 Å². The topological polar surface area (TPSA) is 51.0 Å². The predicted molar refractivity (Wildman–Crippen MR) is 99.4 cm³/mol. The average Bonchev–Trinajstić information content (AvgIpc) is 3.05. The zero-order valence-electron chi connectivity index (χ0n) is 15.6. The first-order valence-corrected chi connectivity index (χ1v) is 10.6. The van der Waals surface area contributed by atoms with Crippen LogP contribution < -0.4 is 0 Å². The van der Waals surface area contributed by atoms with Crippen LogP contribution in [-0.4, -0.2) is 38.7 Å². The van der Waals surface area contributed by atoms with Crippen molar-refractivity contribution in [1.29, 1.82) is 0 Å². The second-order valence-electron chi connectivity index (χ2n) is 9.12. The van der Waals surface area contributed by atoms with Gasteiger partial charge < -0.3 is 9.47 Å². The lowest BCUT2D eigenvalue weighted by Crippen LogP contribution is -2.36. The Morgan fingerprint density at radius 2 is 1.92 bits per heavy atom. The summed E-state index contributed by atoms with van der Waals surface area (Å²) in [7, 11) is 0. The standard InChI is InChI=1S/C21H30N4O/c26-20(17-6-2-3-7-17)24-13-18(21(14-24)10-4-1-5-11-21)19-23-22-15-25(19)12-16-8-9-16/h2-3,15-18H,1,4-14H2. The molecule has 3 fully saturated rings. The molecule has 1 atom stereocenters. The highest BCUT2D eigenvalue weighted by Crippen LogP contribution is 2.52. The van der Waals surface area contributed by atoms with Crippen LogP contribution in [0.3, 0.4) is 0 Å². The number of likely N-dealkylation sites (tertiary alicyclic amines) is 1. The van der Waals surface area contributed by atoms with Crippen molar-refractivity contribution >= 4 is 5.91 Å². The number of allylic oxidation sites excluding steroid dienone is 2. The molecule has 5 heteroatoms. The molecule has 2 heterocycles. The van der Waals surface area contributed by atoms with Crippen molar-refractivity contribution in [2.75, 3.05) is 13.1 Å². The molecule has 1 amide bonds. The molecule has 4 aliphatic rings. The normalized spacial score (nSPS) is 28.3. The van der Waals surface area contributed by atoms with Crippen LogP contribution in [0.15, 0.2) is 18.5 Å². The molecule has 2 saturated carbocycles. The molecule has 5 rings (SSSR count). The van der Waals surface area contributed by atoms with E-state index in [1.54, 1.807) is 0 Å². The van der Waals surface area contributed by atoms with Crippen molar-refractivity contribution in [2.24, 2.45) is 17.3 Å². The van der Waals surface area contributed by atoms with Crippen molar-refractivity contribution < 1.29 is 4.79 Å². The first kappa shape index (κ1) is 16.5. The molecule has 0 aromatic carbocycles. The number of amides is 1. The van der Waals surface area contributed by atoms with Gasteiger partial charge in [-0.2, -0.15) is 0 Å². The minimum Gasteiger partial charge on any atom is -0.341 e. The number of hydrogen-bond acceptors (Lipinski definition) is 3. The lowest BCUT2D eigenvalue weighted by molar-refractivity contribution is -0.134. The summed E-state index contributed by atoms with van der Waals surface area (Å²) in [5.41, 5.74) is 0.230.